The minimum absolute atomic E-state index is 0.0103. The molecule has 1 aromatic carbocycles. The number of unbranched alkanes of at least 4 members (excludes halogenated alkanes) is 3. The van der Waals surface area contributed by atoms with E-state index in [0.29, 0.717) is 32.7 Å². The molecule has 0 unspecified atom stereocenters. The highest BCUT2D eigenvalue weighted by atomic mass is 79.9. The lowest BCUT2D eigenvalue weighted by atomic mass is 10.2. The predicted octanol–water partition coefficient (Wildman–Crippen LogP) is 5.87. The van der Waals surface area contributed by atoms with E-state index in [9.17, 15) is 9.59 Å². The Bertz CT molecular complexity index is 882. The second-order valence-corrected chi connectivity index (χ2v) is 9.96. The third-order valence-electron chi connectivity index (χ3n) is 6.13. The van der Waals surface area contributed by atoms with Crippen LogP contribution in [0.1, 0.15) is 70.1 Å². The number of hydrogen-bond acceptors (Lipinski definition) is 3. The van der Waals surface area contributed by atoms with Crippen LogP contribution in [0.4, 0.5) is 0 Å². The van der Waals surface area contributed by atoms with Gasteiger partial charge in [0.1, 0.15) is 0 Å². The lowest BCUT2D eigenvalue weighted by Crippen LogP contribution is -2.43. The molecule has 1 heterocycles. The second-order valence-electron chi connectivity index (χ2n) is 9.04. The van der Waals surface area contributed by atoms with Gasteiger partial charge >= 0.3 is 0 Å². The van der Waals surface area contributed by atoms with E-state index in [2.05, 4.69) is 58.7 Å². The highest BCUT2D eigenvalue weighted by molar-refractivity contribution is 9.10. The smallest absolute Gasteiger partial charge is 0.242 e. The first-order valence-corrected chi connectivity index (χ1v) is 13.7. The number of ether oxygens (including phenoxy) is 1. The molecule has 0 saturated carbocycles. The molecular weight excluding hydrogens is 506 g/mol. The van der Waals surface area contributed by atoms with E-state index in [1.165, 1.54) is 5.56 Å². The zero-order chi connectivity index (χ0) is 25.5. The van der Waals surface area contributed by atoms with E-state index in [4.69, 9.17) is 4.74 Å². The standard InChI is InChI=1S/C28H42BrN3O3/c1-4-6-8-12-27(33)32(19-10-20-35-3)23-28(34)31(17-7-5-2)22-26-11-9-18-30(26)21-24-13-15-25(29)16-14-24/h9,11,13-16,18H,4-8,10,12,17,19-23H2,1-3H3. The lowest BCUT2D eigenvalue weighted by molar-refractivity contribution is -0.141. The van der Waals surface area contributed by atoms with Gasteiger partial charge in [-0.2, -0.15) is 0 Å². The van der Waals surface area contributed by atoms with Crippen molar-refractivity contribution in [3.8, 4) is 0 Å². The minimum Gasteiger partial charge on any atom is -0.385 e. The van der Waals surface area contributed by atoms with Crippen LogP contribution < -0.4 is 0 Å². The number of rotatable bonds is 17. The second kappa shape index (κ2) is 16.5. The van der Waals surface area contributed by atoms with Crippen LogP contribution in [0.25, 0.3) is 0 Å². The molecule has 2 aromatic rings. The Morgan fingerprint density at radius 2 is 1.63 bits per heavy atom. The van der Waals surface area contributed by atoms with Crippen molar-refractivity contribution in [2.45, 2.75) is 71.9 Å². The van der Waals surface area contributed by atoms with Gasteiger partial charge in [-0.1, -0.05) is 61.2 Å². The third kappa shape index (κ3) is 10.6. The van der Waals surface area contributed by atoms with Gasteiger partial charge in [0.15, 0.2) is 0 Å². The van der Waals surface area contributed by atoms with E-state index in [1.807, 2.05) is 23.1 Å². The molecule has 194 valence electrons. The average molecular weight is 549 g/mol. The quantitative estimate of drug-likeness (QED) is 0.232. The summed E-state index contributed by atoms with van der Waals surface area (Å²) in [4.78, 5) is 30.0. The Kier molecular flexibility index (Phi) is 13.8. The van der Waals surface area contributed by atoms with Crippen molar-refractivity contribution in [2.75, 3.05) is 33.4 Å². The summed E-state index contributed by atoms with van der Waals surface area (Å²) in [6.45, 7) is 7.50. The Hall–Kier alpha value is -2.12. The largest absolute Gasteiger partial charge is 0.385 e. The molecule has 35 heavy (non-hydrogen) atoms. The van der Waals surface area contributed by atoms with Gasteiger partial charge in [0.05, 0.1) is 13.1 Å². The molecule has 0 aliphatic heterocycles. The van der Waals surface area contributed by atoms with Crippen molar-refractivity contribution in [2.24, 2.45) is 0 Å². The van der Waals surface area contributed by atoms with E-state index >= 15 is 0 Å². The average Bonchev–Trinajstić information content (AvgIpc) is 3.29. The summed E-state index contributed by atoms with van der Waals surface area (Å²) in [5.41, 5.74) is 2.30. The molecule has 7 heteroatoms. The predicted molar refractivity (Wildman–Crippen MR) is 145 cm³/mol. The molecule has 0 atom stereocenters. The number of benzene rings is 1. The van der Waals surface area contributed by atoms with Gasteiger partial charge in [0.2, 0.25) is 11.8 Å². The van der Waals surface area contributed by atoms with Gasteiger partial charge in [-0.15, -0.1) is 0 Å². The number of hydrogen-bond donors (Lipinski definition) is 0. The fourth-order valence-electron chi connectivity index (χ4n) is 4.01. The highest BCUT2D eigenvalue weighted by Gasteiger charge is 2.22. The van der Waals surface area contributed by atoms with E-state index in [1.54, 1.807) is 12.0 Å². The molecule has 0 spiro atoms. The van der Waals surface area contributed by atoms with Gasteiger partial charge in [-0.25, -0.2) is 0 Å². The van der Waals surface area contributed by atoms with Crippen LogP contribution in [0.2, 0.25) is 0 Å². The van der Waals surface area contributed by atoms with Crippen molar-refractivity contribution >= 4 is 27.7 Å². The van der Waals surface area contributed by atoms with E-state index in [-0.39, 0.29) is 18.4 Å². The molecule has 6 nitrogen and oxygen atoms in total. The molecular formula is C28H42BrN3O3. The molecule has 0 fully saturated rings. The number of methoxy groups -OCH3 is 1. The number of halogens is 1. The summed E-state index contributed by atoms with van der Waals surface area (Å²) < 4.78 is 8.43. The number of aromatic nitrogens is 1. The molecule has 1 aromatic heterocycles. The molecule has 2 rings (SSSR count). The van der Waals surface area contributed by atoms with Gasteiger partial charge < -0.3 is 19.1 Å². The molecule has 0 bridgehead atoms. The van der Waals surface area contributed by atoms with Crippen molar-refractivity contribution in [1.82, 2.24) is 14.4 Å². The van der Waals surface area contributed by atoms with Crippen LogP contribution in [0, 0.1) is 0 Å². The fourth-order valence-corrected chi connectivity index (χ4v) is 4.27. The van der Waals surface area contributed by atoms with Crippen molar-refractivity contribution in [3.63, 3.8) is 0 Å². The van der Waals surface area contributed by atoms with Crippen LogP contribution >= 0.6 is 15.9 Å². The normalized spacial score (nSPS) is 11.0. The summed E-state index contributed by atoms with van der Waals surface area (Å²) in [6, 6.07) is 12.4. The SMILES string of the molecule is CCCCCC(=O)N(CCCOC)CC(=O)N(CCCC)Cc1cccn1Cc1ccc(Br)cc1. The molecule has 0 aliphatic rings. The van der Waals surface area contributed by atoms with Crippen LogP contribution in [0.15, 0.2) is 47.1 Å². The summed E-state index contributed by atoms with van der Waals surface area (Å²) in [5.74, 6) is 0.0769. The number of carbonyl (C=O) groups excluding carboxylic acids is 2. The Morgan fingerprint density at radius 1 is 0.914 bits per heavy atom. The monoisotopic (exact) mass is 547 g/mol. The number of amides is 2. The Labute approximate surface area is 219 Å². The molecule has 0 N–H and O–H groups in total. The van der Waals surface area contributed by atoms with E-state index in [0.717, 1.165) is 55.2 Å². The van der Waals surface area contributed by atoms with Crippen LogP contribution in [-0.4, -0.2) is 59.5 Å². The molecule has 2 amide bonds. The topological polar surface area (TPSA) is 54.8 Å². The van der Waals surface area contributed by atoms with Gasteiger partial charge in [-0.05, 0) is 49.1 Å². The summed E-state index contributed by atoms with van der Waals surface area (Å²) in [5, 5.41) is 0. The zero-order valence-electron chi connectivity index (χ0n) is 21.7. The van der Waals surface area contributed by atoms with Crippen LogP contribution in [0.5, 0.6) is 0 Å². The first kappa shape index (κ1) is 29.1. The third-order valence-corrected chi connectivity index (χ3v) is 6.66. The number of nitrogens with zero attached hydrogens (tertiary/aromatic N) is 3. The van der Waals surface area contributed by atoms with Gasteiger partial charge in [0.25, 0.3) is 0 Å². The van der Waals surface area contributed by atoms with Crippen LogP contribution in [0.3, 0.4) is 0 Å². The number of carbonyl (C=O) groups is 2. The summed E-state index contributed by atoms with van der Waals surface area (Å²) in [6.07, 6.45) is 8.21. The van der Waals surface area contributed by atoms with E-state index < -0.39 is 0 Å². The minimum atomic E-state index is 0.0103. The molecule has 0 aliphatic carbocycles. The Balaban J connectivity index is 2.10. The van der Waals surface area contributed by atoms with Crippen molar-refractivity contribution in [1.29, 1.82) is 0 Å². The lowest BCUT2D eigenvalue weighted by Gasteiger charge is -2.28. The molecule has 0 saturated heterocycles. The maximum absolute atomic E-state index is 13.4. The summed E-state index contributed by atoms with van der Waals surface area (Å²) >= 11 is 3.49. The molecule has 0 radical (unpaired) electrons. The fraction of sp³-hybridized carbons (Fsp3) is 0.571. The Morgan fingerprint density at radius 3 is 2.31 bits per heavy atom. The van der Waals surface area contributed by atoms with Gasteiger partial charge in [0, 0.05) is 56.1 Å². The first-order valence-electron chi connectivity index (χ1n) is 12.9. The van der Waals surface area contributed by atoms with Crippen molar-refractivity contribution < 1.29 is 14.3 Å². The maximum Gasteiger partial charge on any atom is 0.242 e. The zero-order valence-corrected chi connectivity index (χ0v) is 23.3. The van der Waals surface area contributed by atoms with Crippen LogP contribution in [-0.2, 0) is 27.4 Å². The summed E-state index contributed by atoms with van der Waals surface area (Å²) in [7, 11) is 1.66. The first-order chi connectivity index (χ1) is 17.0. The van der Waals surface area contributed by atoms with Gasteiger partial charge in [-0.3, -0.25) is 9.59 Å². The van der Waals surface area contributed by atoms with Crippen molar-refractivity contribution in [3.05, 3.63) is 58.3 Å². The maximum atomic E-state index is 13.4. The highest BCUT2D eigenvalue weighted by Crippen LogP contribution is 2.15.